The van der Waals surface area contributed by atoms with Crippen molar-refractivity contribution in [3.8, 4) is 0 Å². The van der Waals surface area contributed by atoms with E-state index in [1.54, 1.807) is 18.2 Å². The quantitative estimate of drug-likeness (QED) is 0.741. The van der Waals surface area contributed by atoms with Gasteiger partial charge in [0, 0.05) is 12.1 Å². The minimum atomic E-state index is -0.246. The van der Waals surface area contributed by atoms with Crippen molar-refractivity contribution in [2.45, 2.75) is 19.9 Å². The summed E-state index contributed by atoms with van der Waals surface area (Å²) in [5, 5.41) is 9.79. The molecule has 80 valence electrons. The number of aliphatic hydroxyl groups excluding tert-OH is 1. The Morgan fingerprint density at radius 2 is 1.87 bits per heavy atom. The molecule has 3 heteroatoms. The van der Waals surface area contributed by atoms with E-state index in [9.17, 15) is 9.50 Å². The molecule has 0 saturated heterocycles. The van der Waals surface area contributed by atoms with Crippen molar-refractivity contribution in [1.29, 1.82) is 0 Å². The first kappa shape index (κ1) is 10.2. The number of quaternary nitrogens is 1. The van der Waals surface area contributed by atoms with Crippen LogP contribution in [0.1, 0.15) is 13.8 Å². The number of halogens is 1. The standard InChI is InChI=1S/C12H14FNO/c1-9(2)14(8-7-12(14)15)11-5-3-10(13)4-6-11/h3-7,9H,8H2,1-2H3/p+1. The normalized spacial score (nSPS) is 24.9. The Labute approximate surface area is 88.9 Å². The van der Waals surface area contributed by atoms with E-state index in [1.165, 1.54) is 12.1 Å². The Morgan fingerprint density at radius 3 is 2.20 bits per heavy atom. The van der Waals surface area contributed by atoms with Gasteiger partial charge in [-0.2, -0.15) is 0 Å². The van der Waals surface area contributed by atoms with Crippen LogP contribution < -0.4 is 4.48 Å². The topological polar surface area (TPSA) is 20.2 Å². The predicted molar refractivity (Wildman–Crippen MR) is 58.9 cm³/mol. The number of benzene rings is 1. The van der Waals surface area contributed by atoms with Gasteiger partial charge in [0.15, 0.2) is 0 Å². The smallest absolute Gasteiger partial charge is 0.296 e. The third-order valence-electron chi connectivity index (χ3n) is 3.14. The lowest BCUT2D eigenvalue weighted by atomic mass is 10.1. The monoisotopic (exact) mass is 208 g/mol. The van der Waals surface area contributed by atoms with Gasteiger partial charge < -0.3 is 5.11 Å². The van der Waals surface area contributed by atoms with Gasteiger partial charge in [-0.3, -0.25) is 0 Å². The van der Waals surface area contributed by atoms with Gasteiger partial charge in [0.1, 0.15) is 18.0 Å². The minimum absolute atomic E-state index is 0.246. The zero-order chi connectivity index (χ0) is 11.1. The van der Waals surface area contributed by atoms with E-state index in [-0.39, 0.29) is 11.9 Å². The van der Waals surface area contributed by atoms with Gasteiger partial charge in [-0.1, -0.05) is 0 Å². The first-order valence-electron chi connectivity index (χ1n) is 5.11. The van der Waals surface area contributed by atoms with Crippen molar-refractivity contribution in [2.75, 3.05) is 6.54 Å². The zero-order valence-electron chi connectivity index (χ0n) is 8.94. The molecule has 1 unspecified atom stereocenters. The fourth-order valence-electron chi connectivity index (χ4n) is 2.09. The maximum Gasteiger partial charge on any atom is 0.296 e. The van der Waals surface area contributed by atoms with Crippen LogP contribution in [-0.2, 0) is 0 Å². The molecule has 1 aliphatic heterocycles. The van der Waals surface area contributed by atoms with Gasteiger partial charge >= 0.3 is 0 Å². The highest BCUT2D eigenvalue weighted by atomic mass is 19.1. The van der Waals surface area contributed by atoms with Crippen molar-refractivity contribution >= 4 is 5.69 Å². The molecule has 2 rings (SSSR count). The van der Waals surface area contributed by atoms with Crippen LogP contribution in [-0.4, -0.2) is 17.7 Å². The largest absolute Gasteiger partial charge is 0.467 e. The maximum atomic E-state index is 12.8. The lowest BCUT2D eigenvalue weighted by Gasteiger charge is -2.43. The van der Waals surface area contributed by atoms with Gasteiger partial charge in [0.05, 0.1) is 12.1 Å². The number of aliphatic hydroxyl groups is 1. The molecule has 1 aliphatic rings. The minimum Gasteiger partial charge on any atom is -0.467 e. The summed E-state index contributed by atoms with van der Waals surface area (Å²) in [4.78, 5) is 0. The van der Waals surface area contributed by atoms with Crippen LogP contribution in [0.4, 0.5) is 10.1 Å². The maximum absolute atomic E-state index is 12.8. The summed E-state index contributed by atoms with van der Waals surface area (Å²) in [6.07, 6.45) is 1.79. The van der Waals surface area contributed by atoms with E-state index in [0.717, 1.165) is 12.2 Å². The number of nitrogens with zero attached hydrogens (tertiary/aromatic N) is 1. The summed E-state index contributed by atoms with van der Waals surface area (Å²) in [5.74, 6) is 0.112. The Balaban J connectivity index is 2.44. The van der Waals surface area contributed by atoms with Crippen molar-refractivity contribution in [3.05, 3.63) is 42.0 Å². The summed E-state index contributed by atoms with van der Waals surface area (Å²) in [7, 11) is 0. The highest BCUT2D eigenvalue weighted by Crippen LogP contribution is 2.36. The summed E-state index contributed by atoms with van der Waals surface area (Å²) in [5.41, 5.74) is 0.936. The molecule has 2 nitrogen and oxygen atoms in total. The van der Waals surface area contributed by atoms with Crippen LogP contribution >= 0.6 is 0 Å². The third-order valence-corrected chi connectivity index (χ3v) is 3.14. The van der Waals surface area contributed by atoms with Crippen LogP contribution in [0.15, 0.2) is 36.2 Å². The van der Waals surface area contributed by atoms with Crippen molar-refractivity contribution in [3.63, 3.8) is 0 Å². The molecule has 0 aliphatic carbocycles. The SMILES string of the molecule is CC(C)[N+]1(c2ccc(F)cc2)CC=C1O. The van der Waals surface area contributed by atoms with Gasteiger partial charge in [-0.25, -0.2) is 8.87 Å². The van der Waals surface area contributed by atoms with Crippen molar-refractivity contribution < 1.29 is 9.50 Å². The van der Waals surface area contributed by atoms with Crippen molar-refractivity contribution in [1.82, 2.24) is 4.48 Å². The Bertz CT molecular complexity index is 397. The molecule has 1 N–H and O–H groups in total. The third kappa shape index (κ3) is 1.35. The van der Waals surface area contributed by atoms with E-state index in [1.807, 2.05) is 13.8 Å². The zero-order valence-corrected chi connectivity index (χ0v) is 8.94. The molecule has 0 aromatic heterocycles. The molecular formula is C12H15FNO+. The fourth-order valence-corrected chi connectivity index (χ4v) is 2.09. The summed E-state index contributed by atoms with van der Waals surface area (Å²) in [6.45, 7) is 4.87. The second kappa shape index (κ2) is 3.35. The summed E-state index contributed by atoms with van der Waals surface area (Å²) < 4.78 is 13.2. The Kier molecular flexibility index (Phi) is 2.27. The van der Waals surface area contributed by atoms with Crippen molar-refractivity contribution in [2.24, 2.45) is 0 Å². The van der Waals surface area contributed by atoms with Gasteiger partial charge in [-0.05, 0) is 26.0 Å². The average Bonchev–Trinajstić information content (AvgIpc) is 2.19. The lowest BCUT2D eigenvalue weighted by molar-refractivity contribution is 0.147. The average molecular weight is 208 g/mol. The molecule has 0 saturated carbocycles. The molecular weight excluding hydrogens is 193 g/mol. The molecule has 15 heavy (non-hydrogen) atoms. The Hall–Kier alpha value is -1.35. The molecule has 1 aromatic carbocycles. The Morgan fingerprint density at radius 1 is 1.27 bits per heavy atom. The molecule has 0 bridgehead atoms. The highest BCUT2D eigenvalue weighted by molar-refractivity contribution is 5.51. The second-order valence-electron chi connectivity index (χ2n) is 4.18. The van der Waals surface area contributed by atoms with Gasteiger partial charge in [0.25, 0.3) is 5.88 Å². The summed E-state index contributed by atoms with van der Waals surface area (Å²) >= 11 is 0. The first-order valence-corrected chi connectivity index (χ1v) is 5.11. The second-order valence-corrected chi connectivity index (χ2v) is 4.18. The predicted octanol–water partition coefficient (Wildman–Crippen LogP) is 2.95. The van der Waals surface area contributed by atoms with E-state index in [2.05, 4.69) is 0 Å². The van der Waals surface area contributed by atoms with E-state index < -0.39 is 0 Å². The van der Waals surface area contributed by atoms with Gasteiger partial charge in [-0.15, -0.1) is 0 Å². The van der Waals surface area contributed by atoms with Crippen LogP contribution in [0, 0.1) is 5.82 Å². The number of hydrogen-bond donors (Lipinski definition) is 1. The first-order chi connectivity index (χ1) is 7.07. The molecule has 1 aromatic rings. The number of hydrogen-bond acceptors (Lipinski definition) is 1. The molecule has 1 heterocycles. The molecule has 0 fully saturated rings. The van der Waals surface area contributed by atoms with Crippen LogP contribution in [0.5, 0.6) is 0 Å². The molecule has 0 radical (unpaired) electrons. The highest BCUT2D eigenvalue weighted by Gasteiger charge is 2.44. The van der Waals surface area contributed by atoms with Crippen LogP contribution in [0.2, 0.25) is 0 Å². The molecule has 0 spiro atoms. The van der Waals surface area contributed by atoms with Crippen LogP contribution in [0.3, 0.4) is 0 Å². The summed E-state index contributed by atoms with van der Waals surface area (Å²) in [6, 6.07) is 6.59. The van der Waals surface area contributed by atoms with E-state index >= 15 is 0 Å². The van der Waals surface area contributed by atoms with E-state index in [4.69, 9.17) is 0 Å². The van der Waals surface area contributed by atoms with Crippen LogP contribution in [0.25, 0.3) is 0 Å². The number of rotatable bonds is 2. The molecule has 1 atom stereocenters. The molecule has 0 amide bonds. The van der Waals surface area contributed by atoms with Gasteiger partial charge in [0.2, 0.25) is 0 Å². The lowest BCUT2D eigenvalue weighted by Crippen LogP contribution is -2.59. The fraction of sp³-hybridized carbons (Fsp3) is 0.333. The van der Waals surface area contributed by atoms with E-state index in [0.29, 0.717) is 10.4 Å².